The Kier molecular flexibility index (Phi) is 1.27. The Morgan fingerprint density at radius 2 is 2.83 bits per heavy atom. The maximum atomic E-state index is 4.69. The van der Waals surface area contributed by atoms with Gasteiger partial charge >= 0.3 is 7.62 Å². The van der Waals surface area contributed by atoms with Gasteiger partial charge in [-0.05, 0) is 6.21 Å². The summed E-state index contributed by atoms with van der Waals surface area (Å²) in [4.78, 5) is 3.65. The lowest BCUT2D eigenvalue weighted by Gasteiger charge is -1.98. The molecule has 1 rings (SSSR count). The van der Waals surface area contributed by atoms with E-state index in [2.05, 4.69) is 4.90 Å². The van der Waals surface area contributed by atoms with Gasteiger partial charge in [0.15, 0.2) is 0 Å². The molecule has 2 radical (unpaired) electrons. The normalized spacial score (nSPS) is 20.0. The average molecular weight is 80.9 g/mol. The quantitative estimate of drug-likeness (QED) is 0.371. The van der Waals surface area contributed by atoms with Crippen molar-refractivity contribution in [3.05, 3.63) is 6.42 Å². The zero-order chi connectivity index (χ0) is 4.24. The Balaban J connectivity index is 2.26. The van der Waals surface area contributed by atoms with Crippen molar-refractivity contribution >= 4 is 13.8 Å². The highest BCUT2D eigenvalue weighted by molar-refractivity contribution is 6.27. The number of hydrogen-bond donors (Lipinski definition) is 0. The van der Waals surface area contributed by atoms with Gasteiger partial charge in [0.1, 0.15) is 0 Å². The van der Waals surface area contributed by atoms with Gasteiger partial charge in [0.25, 0.3) is 0 Å². The molecule has 1 aliphatic rings. The summed E-state index contributed by atoms with van der Waals surface area (Å²) in [6.07, 6.45) is 3.56. The Morgan fingerprint density at radius 3 is 3.00 bits per heavy atom. The van der Waals surface area contributed by atoms with Gasteiger partial charge in [-0.3, -0.25) is 0 Å². The van der Waals surface area contributed by atoms with E-state index in [1.165, 1.54) is 7.62 Å². The summed E-state index contributed by atoms with van der Waals surface area (Å²) < 4.78 is 4.69. The molecule has 0 saturated heterocycles. The van der Waals surface area contributed by atoms with Crippen LogP contribution in [0, 0.1) is 6.42 Å². The number of hydrogen-bond acceptors (Lipinski definition) is 2. The summed E-state index contributed by atoms with van der Waals surface area (Å²) in [6.45, 7) is 0.670. The minimum absolute atomic E-state index is 0.670. The van der Waals surface area contributed by atoms with Crippen molar-refractivity contribution in [2.24, 2.45) is 4.90 Å². The molecule has 0 N–H and O–H groups in total. The zero-order valence-corrected chi connectivity index (χ0v) is 3.29. The lowest BCUT2D eigenvalue weighted by molar-refractivity contribution is 0.374. The van der Waals surface area contributed by atoms with Crippen molar-refractivity contribution in [3.8, 4) is 0 Å². The van der Waals surface area contributed by atoms with Crippen LogP contribution in [-0.2, 0) is 4.65 Å². The molecule has 0 bridgehead atoms. The van der Waals surface area contributed by atoms with E-state index >= 15 is 0 Å². The molecule has 1 aliphatic heterocycles. The van der Waals surface area contributed by atoms with E-state index in [1.807, 2.05) is 6.42 Å². The highest BCUT2D eigenvalue weighted by Crippen LogP contribution is 1.81. The molecule has 2 nitrogen and oxygen atoms in total. The van der Waals surface area contributed by atoms with E-state index in [9.17, 15) is 0 Å². The van der Waals surface area contributed by atoms with E-state index < -0.39 is 0 Å². The van der Waals surface area contributed by atoms with Gasteiger partial charge in [-0.1, -0.05) is 0 Å². The van der Waals surface area contributed by atoms with E-state index in [1.54, 1.807) is 6.21 Å². The lowest BCUT2D eigenvalue weighted by Crippen LogP contribution is -2.05. The predicted molar refractivity (Wildman–Crippen MR) is 24.5 cm³/mol. The van der Waals surface area contributed by atoms with Gasteiger partial charge in [-0.2, -0.15) is 0 Å². The average Bonchev–Trinajstić information content (AvgIpc) is 1.72. The van der Waals surface area contributed by atoms with Crippen LogP contribution in [0.3, 0.4) is 0 Å². The third kappa shape index (κ3) is 0.827. The Labute approximate surface area is 37.5 Å². The first-order chi connectivity index (χ1) is 3.00. The van der Waals surface area contributed by atoms with Crippen molar-refractivity contribution in [2.75, 3.05) is 6.61 Å². The van der Waals surface area contributed by atoms with Gasteiger partial charge in [-0.15, -0.1) is 0 Å². The number of nitrogens with zero attached hydrogens (tertiary/aromatic N) is 1. The summed E-state index contributed by atoms with van der Waals surface area (Å²) in [5, 5.41) is 0. The van der Waals surface area contributed by atoms with Crippen molar-refractivity contribution < 1.29 is 4.65 Å². The maximum Gasteiger partial charge on any atom is 0.458 e. The molecular formula is C3H4BNO. The molecule has 0 aromatic heterocycles. The molecule has 30 valence electrons. The monoisotopic (exact) mass is 81.0 g/mol. The first-order valence-electron chi connectivity index (χ1n) is 1.78. The highest BCUT2D eigenvalue weighted by Gasteiger charge is 1.91. The fourth-order valence-electron chi connectivity index (χ4n) is 0.281. The van der Waals surface area contributed by atoms with Crippen molar-refractivity contribution in [2.45, 2.75) is 0 Å². The van der Waals surface area contributed by atoms with Crippen LogP contribution in [0.2, 0.25) is 0 Å². The smallest absolute Gasteiger partial charge is 0.417 e. The molecule has 0 aromatic carbocycles. The van der Waals surface area contributed by atoms with Crippen LogP contribution in [0.5, 0.6) is 0 Å². The largest absolute Gasteiger partial charge is 0.458 e. The van der Waals surface area contributed by atoms with Crippen LogP contribution < -0.4 is 0 Å². The Hall–Kier alpha value is -0.305. The second-order valence-electron chi connectivity index (χ2n) is 0.973. The molecule has 0 amide bonds. The van der Waals surface area contributed by atoms with Gasteiger partial charge in [-0.25, -0.2) is 0 Å². The minimum atomic E-state index is 0.670. The standard InChI is InChI=1S/C3H4BNO/c1-2-5-4-6-3-1/h1-2H,3H2. The van der Waals surface area contributed by atoms with E-state index in [0.717, 1.165) is 0 Å². The molecule has 0 aliphatic carbocycles. The molecule has 0 fully saturated rings. The first-order valence-corrected chi connectivity index (χ1v) is 1.78. The molecule has 1 heterocycles. The van der Waals surface area contributed by atoms with E-state index in [4.69, 9.17) is 4.65 Å². The molecule has 0 aromatic rings. The molecule has 0 spiro atoms. The van der Waals surface area contributed by atoms with Crippen LogP contribution >= 0.6 is 0 Å². The fraction of sp³-hybridized carbons (Fsp3) is 0.333. The Morgan fingerprint density at radius 1 is 1.83 bits per heavy atom. The van der Waals surface area contributed by atoms with Crippen LogP contribution in [0.4, 0.5) is 0 Å². The second kappa shape index (κ2) is 1.98. The molecular weight excluding hydrogens is 76.9 g/mol. The van der Waals surface area contributed by atoms with Crippen molar-refractivity contribution in [1.82, 2.24) is 0 Å². The highest BCUT2D eigenvalue weighted by atomic mass is 16.4. The van der Waals surface area contributed by atoms with Crippen molar-refractivity contribution in [3.63, 3.8) is 0 Å². The summed E-state index contributed by atoms with van der Waals surface area (Å²) >= 11 is 0. The summed E-state index contributed by atoms with van der Waals surface area (Å²) in [5.41, 5.74) is 0. The zero-order valence-electron chi connectivity index (χ0n) is 3.29. The summed E-state index contributed by atoms with van der Waals surface area (Å²) in [5.74, 6) is 0. The van der Waals surface area contributed by atoms with E-state index in [-0.39, 0.29) is 0 Å². The molecule has 0 saturated carbocycles. The third-order valence-corrected chi connectivity index (χ3v) is 0.519. The number of rotatable bonds is 0. The second-order valence-corrected chi connectivity index (χ2v) is 0.973. The van der Waals surface area contributed by atoms with E-state index in [0.29, 0.717) is 6.61 Å². The van der Waals surface area contributed by atoms with Crippen LogP contribution in [0.25, 0.3) is 0 Å². The van der Waals surface area contributed by atoms with Crippen molar-refractivity contribution in [1.29, 1.82) is 0 Å². The third-order valence-electron chi connectivity index (χ3n) is 0.519. The van der Waals surface area contributed by atoms with Gasteiger partial charge in [0, 0.05) is 13.0 Å². The van der Waals surface area contributed by atoms with Crippen LogP contribution in [0.1, 0.15) is 0 Å². The molecule has 0 atom stereocenters. The molecule has 3 heteroatoms. The summed E-state index contributed by atoms with van der Waals surface area (Å²) in [6, 6.07) is 0. The summed E-state index contributed by atoms with van der Waals surface area (Å²) in [7, 11) is 1.43. The molecule has 6 heavy (non-hydrogen) atoms. The lowest BCUT2D eigenvalue weighted by atomic mass is 10.2. The minimum Gasteiger partial charge on any atom is -0.417 e. The fourth-order valence-corrected chi connectivity index (χ4v) is 0.281. The Bertz CT molecular complexity index is 55.8. The van der Waals surface area contributed by atoms with Gasteiger partial charge in [0.05, 0.1) is 0 Å². The predicted octanol–water partition coefficient (Wildman–Crippen LogP) is -0.174. The van der Waals surface area contributed by atoms with Crippen LogP contribution in [0.15, 0.2) is 4.90 Å². The first kappa shape index (κ1) is 3.87. The maximum absolute atomic E-state index is 4.69. The topological polar surface area (TPSA) is 21.6 Å². The SMILES string of the molecule is [B]1N=C[CH]CO1. The van der Waals surface area contributed by atoms with Gasteiger partial charge in [0.2, 0.25) is 0 Å². The van der Waals surface area contributed by atoms with Gasteiger partial charge < -0.3 is 9.56 Å². The van der Waals surface area contributed by atoms with Crippen LogP contribution in [-0.4, -0.2) is 20.4 Å². The molecule has 0 unspecified atom stereocenters.